The second-order valence-corrected chi connectivity index (χ2v) is 5.93. The van der Waals surface area contributed by atoms with Crippen molar-refractivity contribution >= 4 is 23.5 Å². The van der Waals surface area contributed by atoms with Crippen LogP contribution < -0.4 is 10.6 Å². The quantitative estimate of drug-likeness (QED) is 0.779. The van der Waals surface area contributed by atoms with E-state index in [1.165, 1.54) is 0 Å². The van der Waals surface area contributed by atoms with E-state index in [1.54, 1.807) is 36.4 Å². The predicted molar refractivity (Wildman–Crippen MR) is 92.8 cm³/mol. The molecule has 3 rings (SSSR count). The number of amides is 2. The maximum absolute atomic E-state index is 12.3. The Hall–Kier alpha value is -3.15. The Balaban J connectivity index is 1.56. The fraction of sp³-hybridized carbons (Fsp3) is 0.211. The number of anilines is 1. The fourth-order valence-corrected chi connectivity index (χ4v) is 2.76. The van der Waals surface area contributed by atoms with Crippen molar-refractivity contribution in [1.29, 1.82) is 0 Å². The highest BCUT2D eigenvalue weighted by molar-refractivity contribution is 5.97. The standard InChI is InChI=1S/C19H18N2O4/c22-17-8-6-14-11-15(5-7-16(14)21-17)18(23)20-10-9-12-1-3-13(4-2-12)19(24)25/h1-5,7,11H,6,8-10H2,(H,20,23)(H,21,22)(H,24,25). The molecular formula is C19H18N2O4. The first-order valence-electron chi connectivity index (χ1n) is 8.06. The summed E-state index contributed by atoms with van der Waals surface area (Å²) in [6, 6.07) is 11.9. The Morgan fingerprint density at radius 1 is 1.04 bits per heavy atom. The molecule has 128 valence electrons. The third-order valence-corrected chi connectivity index (χ3v) is 4.16. The van der Waals surface area contributed by atoms with Crippen LogP contribution in [0.15, 0.2) is 42.5 Å². The average molecular weight is 338 g/mol. The molecule has 0 saturated carbocycles. The van der Waals surface area contributed by atoms with Gasteiger partial charge in [-0.15, -0.1) is 0 Å². The van der Waals surface area contributed by atoms with Gasteiger partial charge >= 0.3 is 5.97 Å². The number of carboxylic acids is 1. The van der Waals surface area contributed by atoms with Gasteiger partial charge in [0.25, 0.3) is 5.91 Å². The van der Waals surface area contributed by atoms with Crippen molar-refractivity contribution in [2.24, 2.45) is 0 Å². The normalized spacial score (nSPS) is 12.9. The third kappa shape index (κ3) is 4.03. The molecule has 2 aromatic carbocycles. The van der Waals surface area contributed by atoms with Crippen molar-refractivity contribution in [2.45, 2.75) is 19.3 Å². The molecule has 0 aromatic heterocycles. The van der Waals surface area contributed by atoms with Gasteiger partial charge in [0, 0.05) is 24.2 Å². The first kappa shape index (κ1) is 16.7. The van der Waals surface area contributed by atoms with Crippen LogP contribution in [0.1, 0.15) is 38.3 Å². The van der Waals surface area contributed by atoms with E-state index in [0.717, 1.165) is 16.8 Å². The summed E-state index contributed by atoms with van der Waals surface area (Å²) in [6.45, 7) is 0.457. The SMILES string of the molecule is O=C1CCc2cc(C(=O)NCCc3ccc(C(=O)O)cc3)ccc2N1. The van der Waals surface area contributed by atoms with Gasteiger partial charge in [0.1, 0.15) is 0 Å². The smallest absolute Gasteiger partial charge is 0.335 e. The van der Waals surface area contributed by atoms with Gasteiger partial charge in [-0.05, 0) is 54.3 Å². The molecule has 0 radical (unpaired) electrons. The molecule has 25 heavy (non-hydrogen) atoms. The topological polar surface area (TPSA) is 95.5 Å². The van der Waals surface area contributed by atoms with Crippen LogP contribution in [-0.4, -0.2) is 29.4 Å². The van der Waals surface area contributed by atoms with Crippen molar-refractivity contribution in [2.75, 3.05) is 11.9 Å². The van der Waals surface area contributed by atoms with Crippen molar-refractivity contribution in [3.8, 4) is 0 Å². The number of nitrogens with one attached hydrogen (secondary N) is 2. The maximum Gasteiger partial charge on any atom is 0.335 e. The molecule has 6 nitrogen and oxygen atoms in total. The lowest BCUT2D eigenvalue weighted by Crippen LogP contribution is -2.26. The summed E-state index contributed by atoms with van der Waals surface area (Å²) in [6.07, 6.45) is 1.69. The number of hydrogen-bond acceptors (Lipinski definition) is 3. The van der Waals surface area contributed by atoms with E-state index in [2.05, 4.69) is 10.6 Å². The van der Waals surface area contributed by atoms with E-state index in [-0.39, 0.29) is 17.4 Å². The molecule has 2 aromatic rings. The highest BCUT2D eigenvalue weighted by atomic mass is 16.4. The number of fused-ring (bicyclic) bond motifs is 1. The minimum absolute atomic E-state index is 0.00128. The van der Waals surface area contributed by atoms with Gasteiger partial charge < -0.3 is 15.7 Å². The summed E-state index contributed by atoms with van der Waals surface area (Å²) >= 11 is 0. The lowest BCUT2D eigenvalue weighted by molar-refractivity contribution is -0.116. The molecular weight excluding hydrogens is 320 g/mol. The van der Waals surface area contributed by atoms with Crippen LogP contribution in [0.4, 0.5) is 5.69 Å². The first-order chi connectivity index (χ1) is 12.0. The number of carbonyl (C=O) groups is 3. The molecule has 1 aliphatic rings. The molecule has 0 atom stereocenters. The maximum atomic E-state index is 12.3. The van der Waals surface area contributed by atoms with Gasteiger partial charge in [-0.2, -0.15) is 0 Å². The van der Waals surface area contributed by atoms with Crippen LogP contribution in [0.3, 0.4) is 0 Å². The highest BCUT2D eigenvalue weighted by Gasteiger charge is 2.16. The summed E-state index contributed by atoms with van der Waals surface area (Å²) < 4.78 is 0. The molecule has 0 spiro atoms. The van der Waals surface area contributed by atoms with Crippen molar-refractivity contribution in [1.82, 2.24) is 5.32 Å². The summed E-state index contributed by atoms with van der Waals surface area (Å²) in [5.74, 6) is -1.12. The first-order valence-corrected chi connectivity index (χ1v) is 8.06. The molecule has 2 amide bonds. The molecule has 3 N–H and O–H groups in total. The Morgan fingerprint density at radius 3 is 2.48 bits per heavy atom. The zero-order valence-electron chi connectivity index (χ0n) is 13.5. The number of aromatic carboxylic acids is 1. The van der Waals surface area contributed by atoms with E-state index in [4.69, 9.17) is 5.11 Å². The van der Waals surface area contributed by atoms with E-state index < -0.39 is 5.97 Å². The lowest BCUT2D eigenvalue weighted by Gasteiger charge is -2.17. The molecule has 0 unspecified atom stereocenters. The van der Waals surface area contributed by atoms with Gasteiger partial charge in [-0.1, -0.05) is 12.1 Å². The van der Waals surface area contributed by atoms with Crippen molar-refractivity contribution < 1.29 is 19.5 Å². The lowest BCUT2D eigenvalue weighted by atomic mass is 10.00. The average Bonchev–Trinajstić information content (AvgIpc) is 2.61. The summed E-state index contributed by atoms with van der Waals surface area (Å²) in [4.78, 5) is 34.4. The molecule has 0 fully saturated rings. The molecule has 1 aliphatic heterocycles. The zero-order valence-corrected chi connectivity index (χ0v) is 13.5. The van der Waals surface area contributed by atoms with Gasteiger partial charge in [0.15, 0.2) is 0 Å². The molecule has 0 saturated heterocycles. The van der Waals surface area contributed by atoms with Crippen LogP contribution in [0.5, 0.6) is 0 Å². The van der Waals surface area contributed by atoms with E-state index in [9.17, 15) is 14.4 Å². The second-order valence-electron chi connectivity index (χ2n) is 5.93. The third-order valence-electron chi connectivity index (χ3n) is 4.16. The Bertz CT molecular complexity index is 828. The van der Waals surface area contributed by atoms with Crippen LogP contribution >= 0.6 is 0 Å². The van der Waals surface area contributed by atoms with Gasteiger partial charge in [0.2, 0.25) is 5.91 Å². The molecule has 1 heterocycles. The number of rotatable bonds is 5. The summed E-state index contributed by atoms with van der Waals surface area (Å²) in [5, 5.41) is 14.5. The largest absolute Gasteiger partial charge is 0.478 e. The van der Waals surface area contributed by atoms with Gasteiger partial charge in [0.05, 0.1) is 5.56 Å². The molecule has 0 bridgehead atoms. The van der Waals surface area contributed by atoms with Crippen molar-refractivity contribution in [3.05, 3.63) is 64.7 Å². The van der Waals surface area contributed by atoms with Crippen LogP contribution in [0, 0.1) is 0 Å². The number of carboxylic acid groups (broad SMARTS) is 1. The monoisotopic (exact) mass is 338 g/mol. The summed E-state index contributed by atoms with van der Waals surface area (Å²) in [7, 11) is 0. The van der Waals surface area contributed by atoms with Gasteiger partial charge in [-0.25, -0.2) is 4.79 Å². The minimum atomic E-state index is -0.955. The fourth-order valence-electron chi connectivity index (χ4n) is 2.76. The number of aryl methyl sites for hydroxylation is 1. The second kappa shape index (κ2) is 7.17. The number of hydrogen-bond donors (Lipinski definition) is 3. The van der Waals surface area contributed by atoms with Gasteiger partial charge in [-0.3, -0.25) is 9.59 Å². The summed E-state index contributed by atoms with van der Waals surface area (Å²) in [5.41, 5.74) is 3.51. The number of carbonyl (C=O) groups excluding carboxylic acids is 2. The van der Waals surface area contributed by atoms with E-state index in [0.29, 0.717) is 31.4 Å². The Morgan fingerprint density at radius 2 is 1.76 bits per heavy atom. The Kier molecular flexibility index (Phi) is 4.79. The number of benzene rings is 2. The van der Waals surface area contributed by atoms with E-state index >= 15 is 0 Å². The zero-order chi connectivity index (χ0) is 17.8. The highest BCUT2D eigenvalue weighted by Crippen LogP contribution is 2.23. The van der Waals surface area contributed by atoms with Crippen LogP contribution in [0.2, 0.25) is 0 Å². The predicted octanol–water partition coefficient (Wildman–Crippen LogP) is 2.24. The van der Waals surface area contributed by atoms with Crippen LogP contribution in [0.25, 0.3) is 0 Å². The van der Waals surface area contributed by atoms with E-state index in [1.807, 2.05) is 6.07 Å². The molecule has 0 aliphatic carbocycles. The van der Waals surface area contributed by atoms with Crippen LogP contribution in [-0.2, 0) is 17.6 Å². The minimum Gasteiger partial charge on any atom is -0.478 e. The Labute approximate surface area is 144 Å². The van der Waals surface area contributed by atoms with Crippen molar-refractivity contribution in [3.63, 3.8) is 0 Å². The molecule has 6 heteroatoms.